The molecular weight excluding hydrogens is 260 g/mol. The molecule has 3 nitrogen and oxygen atoms in total. The largest absolute Gasteiger partial charge is 0.311 e. The van der Waals surface area contributed by atoms with Gasteiger partial charge < -0.3 is 5.32 Å². The fraction of sp³-hybridized carbons (Fsp3) is 0.400. The van der Waals surface area contributed by atoms with Crippen LogP contribution < -0.4 is 5.32 Å². The molecule has 0 aliphatic heterocycles. The van der Waals surface area contributed by atoms with Crippen LogP contribution in [0.1, 0.15) is 29.9 Å². The Balaban J connectivity index is 2.28. The predicted octanol–water partition coefficient (Wildman–Crippen LogP) is 2.76. The standard InChI is InChI=1S/C15H19F2N3/c1-4-12-9-15(20(3)19-12)14(18-2)8-10-7-11(16)5-6-13(10)17/h5-7,9,14,18H,4,8H2,1-3H3. The summed E-state index contributed by atoms with van der Waals surface area (Å²) in [6.45, 7) is 2.03. The zero-order valence-corrected chi connectivity index (χ0v) is 12.0. The van der Waals surface area contributed by atoms with Crippen LogP contribution in [0.3, 0.4) is 0 Å². The van der Waals surface area contributed by atoms with Crippen LogP contribution in [0.4, 0.5) is 8.78 Å². The number of nitrogens with zero attached hydrogens (tertiary/aromatic N) is 2. The first kappa shape index (κ1) is 14.7. The van der Waals surface area contributed by atoms with E-state index in [4.69, 9.17) is 0 Å². The monoisotopic (exact) mass is 279 g/mol. The Morgan fingerprint density at radius 3 is 2.65 bits per heavy atom. The lowest BCUT2D eigenvalue weighted by atomic mass is 10.0. The van der Waals surface area contributed by atoms with Crippen molar-refractivity contribution in [3.05, 3.63) is 52.9 Å². The zero-order chi connectivity index (χ0) is 14.7. The fourth-order valence-electron chi connectivity index (χ4n) is 2.32. The van der Waals surface area contributed by atoms with Crippen LogP contribution in [0.25, 0.3) is 0 Å². The van der Waals surface area contributed by atoms with Gasteiger partial charge in [-0.25, -0.2) is 8.78 Å². The third-order valence-corrected chi connectivity index (χ3v) is 3.47. The lowest BCUT2D eigenvalue weighted by molar-refractivity contribution is 0.514. The Bertz CT molecular complexity index is 593. The van der Waals surface area contributed by atoms with Crippen molar-refractivity contribution in [1.29, 1.82) is 0 Å². The molecule has 1 heterocycles. The molecule has 1 aromatic heterocycles. The number of aromatic nitrogens is 2. The average molecular weight is 279 g/mol. The summed E-state index contributed by atoms with van der Waals surface area (Å²) in [5, 5.41) is 7.53. The van der Waals surface area contributed by atoms with E-state index in [1.807, 2.05) is 20.0 Å². The third kappa shape index (κ3) is 3.04. The van der Waals surface area contributed by atoms with Crippen molar-refractivity contribution in [3.8, 4) is 0 Å². The molecule has 108 valence electrons. The zero-order valence-electron chi connectivity index (χ0n) is 12.0. The molecule has 0 fully saturated rings. The molecule has 1 unspecified atom stereocenters. The molecule has 1 atom stereocenters. The van der Waals surface area contributed by atoms with Gasteiger partial charge in [-0.15, -0.1) is 0 Å². The molecular formula is C15H19F2N3. The fourth-order valence-corrected chi connectivity index (χ4v) is 2.32. The van der Waals surface area contributed by atoms with Gasteiger partial charge in [-0.3, -0.25) is 4.68 Å². The summed E-state index contributed by atoms with van der Waals surface area (Å²) in [7, 11) is 3.67. The van der Waals surface area contributed by atoms with Gasteiger partial charge in [0.25, 0.3) is 0 Å². The van der Waals surface area contributed by atoms with E-state index in [1.54, 1.807) is 11.7 Å². The highest BCUT2D eigenvalue weighted by atomic mass is 19.1. The highest BCUT2D eigenvalue weighted by Gasteiger charge is 2.17. The number of hydrogen-bond acceptors (Lipinski definition) is 2. The highest BCUT2D eigenvalue weighted by molar-refractivity contribution is 5.23. The van der Waals surface area contributed by atoms with Crippen molar-refractivity contribution in [2.75, 3.05) is 7.05 Å². The van der Waals surface area contributed by atoms with Gasteiger partial charge >= 0.3 is 0 Å². The van der Waals surface area contributed by atoms with Gasteiger partial charge in [0.1, 0.15) is 11.6 Å². The van der Waals surface area contributed by atoms with E-state index < -0.39 is 5.82 Å². The van der Waals surface area contributed by atoms with E-state index in [1.165, 1.54) is 6.07 Å². The van der Waals surface area contributed by atoms with E-state index in [0.717, 1.165) is 29.9 Å². The number of rotatable bonds is 5. The smallest absolute Gasteiger partial charge is 0.126 e. The number of aryl methyl sites for hydroxylation is 2. The first-order valence-electron chi connectivity index (χ1n) is 6.69. The average Bonchev–Trinajstić information content (AvgIpc) is 2.81. The molecule has 5 heteroatoms. The first-order chi connectivity index (χ1) is 9.55. The summed E-state index contributed by atoms with van der Waals surface area (Å²) in [6, 6.07) is 5.43. The normalized spacial score (nSPS) is 12.7. The Kier molecular flexibility index (Phi) is 4.49. The summed E-state index contributed by atoms with van der Waals surface area (Å²) in [5.74, 6) is -0.806. The van der Waals surface area contributed by atoms with Gasteiger partial charge in [-0.05, 0) is 49.7 Å². The molecule has 2 aromatic rings. The topological polar surface area (TPSA) is 29.9 Å². The summed E-state index contributed by atoms with van der Waals surface area (Å²) in [6.07, 6.45) is 1.22. The third-order valence-electron chi connectivity index (χ3n) is 3.47. The van der Waals surface area contributed by atoms with Gasteiger partial charge in [-0.2, -0.15) is 5.10 Å². The maximum Gasteiger partial charge on any atom is 0.126 e. The van der Waals surface area contributed by atoms with Crippen LogP contribution in [0.2, 0.25) is 0 Å². The van der Waals surface area contributed by atoms with E-state index in [0.29, 0.717) is 12.0 Å². The van der Waals surface area contributed by atoms with Crippen molar-refractivity contribution in [2.45, 2.75) is 25.8 Å². The second kappa shape index (κ2) is 6.13. The molecule has 0 amide bonds. The number of benzene rings is 1. The summed E-state index contributed by atoms with van der Waals surface area (Å²) in [5.41, 5.74) is 2.32. The van der Waals surface area contributed by atoms with Crippen LogP contribution >= 0.6 is 0 Å². The predicted molar refractivity (Wildman–Crippen MR) is 74.4 cm³/mol. The minimum atomic E-state index is -0.421. The first-order valence-corrected chi connectivity index (χ1v) is 6.69. The maximum absolute atomic E-state index is 13.7. The van der Waals surface area contributed by atoms with Crippen LogP contribution in [0.5, 0.6) is 0 Å². The van der Waals surface area contributed by atoms with E-state index in [2.05, 4.69) is 10.4 Å². The maximum atomic E-state index is 13.7. The molecule has 0 aliphatic rings. The Labute approximate surface area is 117 Å². The SMILES string of the molecule is CCc1cc(C(Cc2cc(F)ccc2F)NC)n(C)n1. The quantitative estimate of drug-likeness (QED) is 0.912. The number of likely N-dealkylation sites (N-methyl/N-ethyl adjacent to an activating group) is 1. The lowest BCUT2D eigenvalue weighted by Gasteiger charge is -2.17. The lowest BCUT2D eigenvalue weighted by Crippen LogP contribution is -2.22. The van der Waals surface area contributed by atoms with Crippen LogP contribution in [-0.2, 0) is 19.9 Å². The molecule has 1 aromatic carbocycles. The number of nitrogens with one attached hydrogen (secondary N) is 1. The second-order valence-corrected chi connectivity index (χ2v) is 4.82. The molecule has 2 rings (SSSR count). The van der Waals surface area contributed by atoms with Crippen molar-refractivity contribution < 1.29 is 8.78 Å². The molecule has 0 spiro atoms. The minimum Gasteiger partial charge on any atom is -0.311 e. The van der Waals surface area contributed by atoms with Crippen molar-refractivity contribution in [3.63, 3.8) is 0 Å². The van der Waals surface area contributed by atoms with Crippen LogP contribution in [0.15, 0.2) is 24.3 Å². The van der Waals surface area contributed by atoms with Crippen molar-refractivity contribution in [2.24, 2.45) is 7.05 Å². The highest BCUT2D eigenvalue weighted by Crippen LogP contribution is 2.21. The van der Waals surface area contributed by atoms with Crippen molar-refractivity contribution >= 4 is 0 Å². The Hall–Kier alpha value is -1.75. The van der Waals surface area contributed by atoms with E-state index >= 15 is 0 Å². The second-order valence-electron chi connectivity index (χ2n) is 4.82. The Morgan fingerprint density at radius 1 is 1.30 bits per heavy atom. The minimum absolute atomic E-state index is 0.107. The molecule has 20 heavy (non-hydrogen) atoms. The van der Waals surface area contributed by atoms with Crippen LogP contribution in [-0.4, -0.2) is 16.8 Å². The van der Waals surface area contributed by atoms with Crippen LogP contribution in [0, 0.1) is 11.6 Å². The summed E-state index contributed by atoms with van der Waals surface area (Å²) < 4.78 is 28.8. The molecule has 0 radical (unpaired) electrons. The number of hydrogen-bond donors (Lipinski definition) is 1. The van der Waals surface area contributed by atoms with E-state index in [9.17, 15) is 8.78 Å². The van der Waals surface area contributed by atoms with Gasteiger partial charge in [0, 0.05) is 7.05 Å². The van der Waals surface area contributed by atoms with Gasteiger partial charge in [0.05, 0.1) is 17.4 Å². The molecule has 0 aliphatic carbocycles. The summed E-state index contributed by atoms with van der Waals surface area (Å²) in [4.78, 5) is 0. The van der Waals surface area contributed by atoms with Crippen molar-refractivity contribution in [1.82, 2.24) is 15.1 Å². The van der Waals surface area contributed by atoms with E-state index in [-0.39, 0.29) is 11.9 Å². The molecule has 1 N–H and O–H groups in total. The van der Waals surface area contributed by atoms with Gasteiger partial charge in [0.15, 0.2) is 0 Å². The number of halogens is 2. The van der Waals surface area contributed by atoms with Gasteiger partial charge in [-0.1, -0.05) is 6.92 Å². The molecule has 0 bridgehead atoms. The van der Waals surface area contributed by atoms with Gasteiger partial charge in [0.2, 0.25) is 0 Å². The molecule has 0 saturated carbocycles. The Morgan fingerprint density at radius 2 is 2.05 bits per heavy atom. The summed E-state index contributed by atoms with van der Waals surface area (Å²) >= 11 is 0. The molecule has 0 saturated heterocycles.